The van der Waals surface area contributed by atoms with Gasteiger partial charge in [0.15, 0.2) is 0 Å². The monoisotopic (exact) mass is 484 g/mol. The van der Waals surface area contributed by atoms with Gasteiger partial charge in [0.25, 0.3) is 0 Å². The molecule has 0 amide bonds. The van der Waals surface area contributed by atoms with Crippen LogP contribution in [0.3, 0.4) is 0 Å². The minimum Gasteiger partial charge on any atom is -0.126 e. The van der Waals surface area contributed by atoms with Crippen molar-refractivity contribution in [1.29, 1.82) is 0 Å². The van der Waals surface area contributed by atoms with E-state index in [0.29, 0.717) is 9.57 Å². The van der Waals surface area contributed by atoms with E-state index in [4.69, 9.17) is 0 Å². The molecule has 2 aromatic rings. The molecule has 2 aliphatic rings. The van der Waals surface area contributed by atoms with Crippen LogP contribution in [0.4, 0.5) is 0 Å². The molecule has 0 spiro atoms. The van der Waals surface area contributed by atoms with E-state index in [1.807, 2.05) is 23.5 Å². The van der Waals surface area contributed by atoms with Crippen LogP contribution in [-0.2, 0) is 11.8 Å². The second-order valence-corrected chi connectivity index (χ2v) is 11.8. The Balaban J connectivity index is 0.000000143. The summed E-state index contributed by atoms with van der Waals surface area (Å²) in [5.41, 5.74) is 3.38. The van der Waals surface area contributed by atoms with Crippen molar-refractivity contribution in [3.8, 4) is 0 Å². The number of rotatable bonds is 0. The maximum absolute atomic E-state index is 3.62. The van der Waals surface area contributed by atoms with Crippen molar-refractivity contribution in [2.24, 2.45) is 0 Å². The van der Waals surface area contributed by atoms with Crippen LogP contribution in [0, 0.1) is 0 Å². The van der Waals surface area contributed by atoms with Crippen LogP contribution in [0.15, 0.2) is 56.7 Å². The zero-order valence-electron chi connectivity index (χ0n) is 14.0. The normalized spacial score (nSPS) is 21.1. The third-order valence-electron chi connectivity index (χ3n) is 4.53. The van der Waals surface area contributed by atoms with Gasteiger partial charge in [0.2, 0.25) is 0 Å². The van der Waals surface area contributed by atoms with Crippen LogP contribution < -0.4 is 0 Å². The molecule has 0 bridgehead atoms. The number of thioether (sulfide) groups is 2. The molecule has 24 heavy (non-hydrogen) atoms. The van der Waals surface area contributed by atoms with Gasteiger partial charge in [-0.15, -0.1) is 23.5 Å². The summed E-state index contributed by atoms with van der Waals surface area (Å²) in [6.45, 7) is 4.67. The highest BCUT2D eigenvalue weighted by Crippen LogP contribution is 2.42. The van der Waals surface area contributed by atoms with Gasteiger partial charge in [0.05, 0.1) is 4.16 Å². The molecule has 1 unspecified atom stereocenters. The van der Waals surface area contributed by atoms with Gasteiger partial charge in [-0.1, -0.05) is 70.0 Å². The first-order chi connectivity index (χ1) is 11.5. The van der Waals surface area contributed by atoms with Gasteiger partial charge in [0, 0.05) is 14.3 Å². The summed E-state index contributed by atoms with van der Waals surface area (Å²) in [5, 5.41) is 0. The molecule has 0 N–H and O–H groups in total. The van der Waals surface area contributed by atoms with Crippen molar-refractivity contribution in [2.75, 3.05) is 5.75 Å². The quantitative estimate of drug-likeness (QED) is 0.351. The second kappa shape index (κ2) is 8.20. The third kappa shape index (κ3) is 4.63. The third-order valence-corrected chi connectivity index (χ3v) is 8.24. The number of aryl methyl sites for hydroxylation is 1. The van der Waals surface area contributed by atoms with Gasteiger partial charge in [0.1, 0.15) is 0 Å². The highest BCUT2D eigenvalue weighted by Gasteiger charge is 2.27. The van der Waals surface area contributed by atoms with Crippen LogP contribution in [0.5, 0.6) is 0 Å². The Morgan fingerprint density at radius 3 is 2.71 bits per heavy atom. The average Bonchev–Trinajstić information content (AvgIpc) is 2.54. The zero-order chi connectivity index (χ0) is 17.2. The van der Waals surface area contributed by atoms with Gasteiger partial charge in [-0.25, -0.2) is 0 Å². The first kappa shape index (κ1) is 18.9. The molecule has 2 aliphatic heterocycles. The molecule has 1 atom stereocenters. The second-order valence-electron chi connectivity index (χ2n) is 6.80. The number of alkyl halides is 1. The molecule has 4 rings (SSSR count). The largest absolute Gasteiger partial charge is 0.126 e. The fourth-order valence-corrected chi connectivity index (χ4v) is 6.89. The first-order valence-electron chi connectivity index (χ1n) is 8.27. The lowest BCUT2D eigenvalue weighted by Crippen LogP contribution is -2.22. The summed E-state index contributed by atoms with van der Waals surface area (Å²) in [5.74, 6) is 1.25. The van der Waals surface area contributed by atoms with E-state index < -0.39 is 0 Å². The van der Waals surface area contributed by atoms with Crippen LogP contribution in [0.1, 0.15) is 37.8 Å². The topological polar surface area (TPSA) is 0 Å². The van der Waals surface area contributed by atoms with Gasteiger partial charge >= 0.3 is 0 Å². The number of hydrogen-bond donors (Lipinski definition) is 0. The predicted molar refractivity (Wildman–Crippen MR) is 116 cm³/mol. The maximum Gasteiger partial charge on any atom is 0.0650 e. The lowest BCUT2D eigenvalue weighted by Gasteiger charge is -2.31. The number of hydrogen-bond acceptors (Lipinski definition) is 2. The molecule has 0 saturated heterocycles. The molecular weight excluding hydrogens is 464 g/mol. The molecule has 0 radical (unpaired) electrons. The molecule has 2 aromatic carbocycles. The number of fused-ring (bicyclic) bond motifs is 2. The lowest BCUT2D eigenvalue weighted by molar-refractivity contribution is 0.494. The fourth-order valence-electron chi connectivity index (χ4n) is 3.02. The van der Waals surface area contributed by atoms with Crippen LogP contribution >= 0.6 is 55.4 Å². The van der Waals surface area contributed by atoms with Gasteiger partial charge in [-0.05, 0) is 59.8 Å². The van der Waals surface area contributed by atoms with E-state index in [9.17, 15) is 0 Å². The van der Waals surface area contributed by atoms with Crippen LogP contribution in [0.2, 0.25) is 0 Å². The summed E-state index contributed by atoms with van der Waals surface area (Å²) in [6.07, 6.45) is 3.76. The Kier molecular flexibility index (Phi) is 6.45. The van der Waals surface area contributed by atoms with E-state index in [1.54, 1.807) is 0 Å². The molecule has 0 aliphatic carbocycles. The van der Waals surface area contributed by atoms with Crippen molar-refractivity contribution in [3.63, 3.8) is 0 Å². The predicted octanol–water partition coefficient (Wildman–Crippen LogP) is 7.67. The van der Waals surface area contributed by atoms with Crippen LogP contribution in [0.25, 0.3) is 0 Å². The number of halogens is 2. The van der Waals surface area contributed by atoms with E-state index in [-0.39, 0.29) is 0 Å². The van der Waals surface area contributed by atoms with Crippen molar-refractivity contribution >= 4 is 55.4 Å². The highest BCUT2D eigenvalue weighted by molar-refractivity contribution is 9.11. The van der Waals surface area contributed by atoms with Crippen LogP contribution in [-0.4, -0.2) is 9.91 Å². The molecule has 128 valence electrons. The Bertz CT molecular complexity index is 713. The van der Waals surface area contributed by atoms with E-state index >= 15 is 0 Å². The summed E-state index contributed by atoms with van der Waals surface area (Å²) in [4.78, 5) is 2.89. The average molecular weight is 486 g/mol. The Labute approximate surface area is 170 Å². The molecule has 0 saturated carbocycles. The molecule has 4 heteroatoms. The summed E-state index contributed by atoms with van der Waals surface area (Å²) < 4.78 is 1.81. The smallest absolute Gasteiger partial charge is 0.0650 e. The van der Waals surface area contributed by atoms with Crippen molar-refractivity contribution < 1.29 is 0 Å². The molecule has 2 heterocycles. The Morgan fingerprint density at radius 2 is 1.88 bits per heavy atom. The summed E-state index contributed by atoms with van der Waals surface area (Å²) in [7, 11) is 0. The number of benzene rings is 2. The van der Waals surface area contributed by atoms with E-state index in [0.717, 1.165) is 0 Å². The Morgan fingerprint density at radius 1 is 1.08 bits per heavy atom. The van der Waals surface area contributed by atoms with Gasteiger partial charge < -0.3 is 0 Å². The zero-order valence-corrected chi connectivity index (χ0v) is 18.8. The highest BCUT2D eigenvalue weighted by atomic mass is 79.9. The SMILES string of the molecule is BrC1CCc2ccccc2S1.CC1(C)CCSc2cc(Br)ccc21. The minimum atomic E-state index is 0.362. The Hall–Kier alpha value is 0.1000. The van der Waals surface area contributed by atoms with Crippen molar-refractivity contribution in [3.05, 3.63) is 58.1 Å². The molecular formula is C20H22Br2S2. The van der Waals surface area contributed by atoms with Crippen molar-refractivity contribution in [2.45, 2.75) is 52.5 Å². The standard InChI is InChI=1S/C11H13BrS.C9H9BrS/c1-11(2)5-6-13-10-7-8(12)3-4-9(10)11;10-9-6-5-7-3-1-2-4-8(7)11-9/h3-4,7H,5-6H2,1-2H3;1-4,9H,5-6H2. The summed E-state index contributed by atoms with van der Waals surface area (Å²) >= 11 is 11.0. The summed E-state index contributed by atoms with van der Waals surface area (Å²) in [6, 6.07) is 15.3. The molecule has 0 aromatic heterocycles. The molecule has 0 fully saturated rings. The minimum absolute atomic E-state index is 0.362. The van der Waals surface area contributed by atoms with E-state index in [1.165, 1.54) is 50.4 Å². The first-order valence-corrected chi connectivity index (χ1v) is 11.8. The fraction of sp³-hybridized carbons (Fsp3) is 0.400. The van der Waals surface area contributed by atoms with Gasteiger partial charge in [-0.2, -0.15) is 0 Å². The van der Waals surface area contributed by atoms with Gasteiger partial charge in [-0.3, -0.25) is 0 Å². The molecule has 0 nitrogen and oxygen atoms in total. The lowest BCUT2D eigenvalue weighted by atomic mass is 9.82. The van der Waals surface area contributed by atoms with E-state index in [2.05, 4.69) is 88.2 Å². The van der Waals surface area contributed by atoms with Crippen molar-refractivity contribution in [1.82, 2.24) is 0 Å². The maximum atomic E-state index is 3.62.